The first kappa shape index (κ1) is 20.3. The van der Waals surface area contributed by atoms with Crippen LogP contribution in [0.1, 0.15) is 6.92 Å². The number of sulfonamides is 1. The maximum absolute atomic E-state index is 12.2. The van der Waals surface area contributed by atoms with Crippen LogP contribution in [0, 0.1) is 0 Å². The van der Waals surface area contributed by atoms with Gasteiger partial charge in [-0.15, -0.1) is 4.83 Å². The fourth-order valence-corrected chi connectivity index (χ4v) is 2.95. The zero-order valence-electron chi connectivity index (χ0n) is 15.1. The molecule has 2 aromatic carbocycles. The van der Waals surface area contributed by atoms with Gasteiger partial charge in [0.25, 0.3) is 10.0 Å². The van der Waals surface area contributed by atoms with Gasteiger partial charge in [0.1, 0.15) is 17.2 Å². The van der Waals surface area contributed by atoms with Crippen molar-refractivity contribution in [3.05, 3.63) is 42.5 Å². The lowest BCUT2D eigenvalue weighted by molar-refractivity contribution is 0.250. The average molecular weight is 395 g/mol. The van der Waals surface area contributed by atoms with E-state index in [0.29, 0.717) is 29.5 Å². The van der Waals surface area contributed by atoms with Gasteiger partial charge in [-0.3, -0.25) is 5.43 Å². The minimum absolute atomic E-state index is 0.0201. The summed E-state index contributed by atoms with van der Waals surface area (Å²) in [6, 6.07) is 9.80. The highest BCUT2D eigenvalue weighted by molar-refractivity contribution is 7.89. The van der Waals surface area contributed by atoms with Crippen molar-refractivity contribution in [2.75, 3.05) is 26.1 Å². The molecule has 0 aliphatic rings. The summed E-state index contributed by atoms with van der Waals surface area (Å²) in [6.45, 7) is 2.30. The largest absolute Gasteiger partial charge is 0.497 e. The van der Waals surface area contributed by atoms with Gasteiger partial charge in [0.05, 0.1) is 31.4 Å². The molecule has 0 aromatic heterocycles. The first-order chi connectivity index (χ1) is 12.9. The van der Waals surface area contributed by atoms with E-state index in [1.165, 1.54) is 38.5 Å². The van der Waals surface area contributed by atoms with Gasteiger partial charge in [-0.1, -0.05) is 0 Å². The summed E-state index contributed by atoms with van der Waals surface area (Å²) in [7, 11) is -0.993. The number of carbonyl (C=O) groups excluding carboxylic acids is 1. The molecule has 3 N–H and O–H groups in total. The predicted molar refractivity (Wildman–Crippen MR) is 99.6 cm³/mol. The van der Waals surface area contributed by atoms with E-state index in [9.17, 15) is 13.2 Å². The van der Waals surface area contributed by atoms with E-state index < -0.39 is 16.1 Å². The van der Waals surface area contributed by atoms with E-state index in [2.05, 4.69) is 10.7 Å². The molecule has 0 spiro atoms. The van der Waals surface area contributed by atoms with Crippen molar-refractivity contribution >= 4 is 21.7 Å². The van der Waals surface area contributed by atoms with Crippen molar-refractivity contribution in [2.45, 2.75) is 11.8 Å². The highest BCUT2D eigenvalue weighted by Gasteiger charge is 2.16. The highest BCUT2D eigenvalue weighted by atomic mass is 32.2. The van der Waals surface area contributed by atoms with E-state index in [0.717, 1.165) is 0 Å². The van der Waals surface area contributed by atoms with Gasteiger partial charge in [0, 0.05) is 6.07 Å². The Bertz CT molecular complexity index is 884. The standard InChI is InChI=1S/C17H21N3O6S/c1-4-26-12-5-8-14(9-6-12)27(22,23)20-19-17(21)18-15-10-7-13(24-2)11-16(15)25-3/h5-11,20H,4H2,1-3H3,(H2,18,19,21). The fraction of sp³-hybridized carbons (Fsp3) is 0.235. The molecule has 2 aromatic rings. The zero-order chi connectivity index (χ0) is 19.9. The minimum Gasteiger partial charge on any atom is -0.497 e. The summed E-state index contributed by atoms with van der Waals surface area (Å²) < 4.78 is 40.0. The van der Waals surface area contributed by atoms with Crippen molar-refractivity contribution in [3.8, 4) is 17.2 Å². The Morgan fingerprint density at radius 2 is 1.67 bits per heavy atom. The van der Waals surface area contributed by atoms with E-state index in [-0.39, 0.29) is 4.90 Å². The topological polar surface area (TPSA) is 115 Å². The number of anilines is 1. The van der Waals surface area contributed by atoms with Crippen LogP contribution in [0.15, 0.2) is 47.4 Å². The van der Waals surface area contributed by atoms with Crippen molar-refractivity contribution in [2.24, 2.45) is 0 Å². The number of urea groups is 1. The second-order valence-corrected chi connectivity index (χ2v) is 6.84. The molecule has 0 aliphatic carbocycles. The zero-order valence-corrected chi connectivity index (χ0v) is 15.9. The fourth-order valence-electron chi connectivity index (χ4n) is 2.11. The van der Waals surface area contributed by atoms with Crippen LogP contribution in [0.5, 0.6) is 17.2 Å². The van der Waals surface area contributed by atoms with Gasteiger partial charge in [0.15, 0.2) is 0 Å². The third kappa shape index (κ3) is 5.50. The van der Waals surface area contributed by atoms with Crippen molar-refractivity contribution in [3.63, 3.8) is 0 Å². The monoisotopic (exact) mass is 395 g/mol. The number of ether oxygens (including phenoxy) is 3. The van der Waals surface area contributed by atoms with Crippen molar-refractivity contribution < 1.29 is 27.4 Å². The van der Waals surface area contributed by atoms with Crippen LogP contribution in [-0.2, 0) is 10.0 Å². The molecular formula is C17H21N3O6S. The molecule has 0 radical (unpaired) electrons. The maximum atomic E-state index is 12.2. The third-order valence-electron chi connectivity index (χ3n) is 3.40. The summed E-state index contributed by atoms with van der Waals surface area (Å²) in [5.74, 6) is 1.46. The molecule has 10 heteroatoms. The lowest BCUT2D eigenvalue weighted by atomic mass is 10.2. The molecular weight excluding hydrogens is 374 g/mol. The Kier molecular flexibility index (Phi) is 6.85. The molecule has 0 fully saturated rings. The minimum atomic E-state index is -3.93. The van der Waals surface area contributed by atoms with Crippen LogP contribution < -0.4 is 29.8 Å². The molecule has 0 unspecified atom stereocenters. The first-order valence-corrected chi connectivity index (χ1v) is 9.41. The SMILES string of the molecule is CCOc1ccc(S(=O)(=O)NNC(=O)Nc2ccc(OC)cc2OC)cc1. The number of hydrazine groups is 1. The van der Waals surface area contributed by atoms with Crippen LogP contribution in [0.2, 0.25) is 0 Å². The Hall–Kier alpha value is -2.98. The average Bonchev–Trinajstić information content (AvgIpc) is 2.67. The summed E-state index contributed by atoms with van der Waals surface area (Å²) in [4.78, 5) is 14.0. The second-order valence-electron chi connectivity index (χ2n) is 5.16. The van der Waals surface area contributed by atoms with Crippen LogP contribution in [-0.4, -0.2) is 35.3 Å². The summed E-state index contributed by atoms with van der Waals surface area (Å²) in [5, 5.41) is 2.49. The number of amides is 2. The molecule has 146 valence electrons. The van der Waals surface area contributed by atoms with E-state index >= 15 is 0 Å². The maximum Gasteiger partial charge on any atom is 0.334 e. The number of nitrogens with one attached hydrogen (secondary N) is 3. The lowest BCUT2D eigenvalue weighted by Gasteiger charge is -2.13. The Labute approximate surface area is 157 Å². The highest BCUT2D eigenvalue weighted by Crippen LogP contribution is 2.28. The van der Waals surface area contributed by atoms with Crippen molar-refractivity contribution in [1.29, 1.82) is 0 Å². The van der Waals surface area contributed by atoms with E-state index in [1.807, 2.05) is 11.8 Å². The smallest absolute Gasteiger partial charge is 0.334 e. The predicted octanol–water partition coefficient (Wildman–Crippen LogP) is 2.12. The number of hydrogen-bond donors (Lipinski definition) is 3. The number of carbonyl (C=O) groups is 1. The van der Waals surface area contributed by atoms with Gasteiger partial charge in [-0.25, -0.2) is 13.2 Å². The molecule has 2 amide bonds. The normalized spacial score (nSPS) is 10.8. The van der Waals surface area contributed by atoms with Crippen LogP contribution in [0.4, 0.5) is 10.5 Å². The molecule has 0 heterocycles. The summed E-state index contributed by atoms with van der Waals surface area (Å²) in [5.41, 5.74) is 2.43. The number of hydrogen-bond acceptors (Lipinski definition) is 6. The van der Waals surface area contributed by atoms with Crippen LogP contribution in [0.25, 0.3) is 0 Å². The van der Waals surface area contributed by atoms with Gasteiger partial charge in [0.2, 0.25) is 0 Å². The third-order valence-corrected chi connectivity index (χ3v) is 4.66. The number of rotatable bonds is 8. The molecule has 0 saturated carbocycles. The van der Waals surface area contributed by atoms with Gasteiger partial charge < -0.3 is 19.5 Å². The number of methoxy groups -OCH3 is 2. The molecule has 0 aliphatic heterocycles. The van der Waals surface area contributed by atoms with Gasteiger partial charge in [-0.05, 0) is 43.3 Å². The van der Waals surface area contributed by atoms with E-state index in [1.54, 1.807) is 18.2 Å². The Morgan fingerprint density at radius 1 is 1.00 bits per heavy atom. The van der Waals surface area contributed by atoms with Gasteiger partial charge >= 0.3 is 6.03 Å². The van der Waals surface area contributed by atoms with Crippen LogP contribution >= 0.6 is 0 Å². The number of benzene rings is 2. The molecule has 2 rings (SSSR count). The second kappa shape index (κ2) is 9.10. The lowest BCUT2D eigenvalue weighted by Crippen LogP contribution is -2.43. The van der Waals surface area contributed by atoms with E-state index in [4.69, 9.17) is 14.2 Å². The van der Waals surface area contributed by atoms with Gasteiger partial charge in [-0.2, -0.15) is 0 Å². The first-order valence-electron chi connectivity index (χ1n) is 7.93. The molecule has 9 nitrogen and oxygen atoms in total. The Balaban J connectivity index is 2.00. The van der Waals surface area contributed by atoms with Crippen molar-refractivity contribution in [1.82, 2.24) is 10.3 Å². The molecule has 0 saturated heterocycles. The molecule has 0 atom stereocenters. The summed E-state index contributed by atoms with van der Waals surface area (Å²) in [6.07, 6.45) is 0. The Morgan fingerprint density at radius 3 is 2.26 bits per heavy atom. The van der Waals surface area contributed by atoms with Crippen LogP contribution in [0.3, 0.4) is 0 Å². The summed E-state index contributed by atoms with van der Waals surface area (Å²) >= 11 is 0. The molecule has 27 heavy (non-hydrogen) atoms. The quantitative estimate of drug-likeness (QED) is 0.590. The molecule has 0 bridgehead atoms.